The highest BCUT2D eigenvalue weighted by Crippen LogP contribution is 2.22. The molecule has 0 radical (unpaired) electrons. The van der Waals surface area contributed by atoms with Crippen molar-refractivity contribution in [2.75, 3.05) is 36.0 Å². The number of nitrogens with one attached hydrogen (secondary N) is 1. The van der Waals surface area contributed by atoms with E-state index in [0.717, 1.165) is 31.7 Å². The maximum absolute atomic E-state index is 13.9. The number of hydrogen-bond acceptors (Lipinski definition) is 5. The van der Waals surface area contributed by atoms with E-state index in [1.54, 1.807) is 12.1 Å². The van der Waals surface area contributed by atoms with E-state index >= 15 is 0 Å². The van der Waals surface area contributed by atoms with Crippen LogP contribution in [0.2, 0.25) is 0 Å². The van der Waals surface area contributed by atoms with Crippen molar-refractivity contribution in [3.63, 3.8) is 0 Å². The van der Waals surface area contributed by atoms with Gasteiger partial charge in [-0.15, -0.1) is 10.2 Å². The Hall–Kier alpha value is -2.70. The number of amides is 1. The molecule has 0 spiro atoms. The fourth-order valence-electron chi connectivity index (χ4n) is 3.83. The Morgan fingerprint density at radius 3 is 2.33 bits per heavy atom. The number of nitrogens with zero attached hydrogens (tertiary/aromatic N) is 4. The Bertz CT molecular complexity index is 783. The second-order valence-corrected chi connectivity index (χ2v) is 7.16. The predicted molar refractivity (Wildman–Crippen MR) is 103 cm³/mol. The van der Waals surface area contributed by atoms with Crippen molar-refractivity contribution in [1.29, 1.82) is 0 Å². The highest BCUT2D eigenvalue weighted by atomic mass is 19.1. The van der Waals surface area contributed by atoms with Crippen LogP contribution < -0.4 is 15.1 Å². The molecule has 2 aliphatic rings. The molecular weight excluding hydrogens is 345 g/mol. The zero-order valence-corrected chi connectivity index (χ0v) is 15.3. The minimum atomic E-state index is -0.191. The summed E-state index contributed by atoms with van der Waals surface area (Å²) in [6.07, 6.45) is 4.44. The number of carbonyl (C=O) groups is 1. The smallest absolute Gasteiger partial charge is 0.272 e. The summed E-state index contributed by atoms with van der Waals surface area (Å²) in [6, 6.07) is 10.7. The van der Waals surface area contributed by atoms with Crippen LogP contribution in [0, 0.1) is 5.82 Å². The van der Waals surface area contributed by atoms with E-state index in [9.17, 15) is 9.18 Å². The van der Waals surface area contributed by atoms with Gasteiger partial charge in [-0.25, -0.2) is 4.39 Å². The summed E-state index contributed by atoms with van der Waals surface area (Å²) in [4.78, 5) is 16.4. The van der Waals surface area contributed by atoms with E-state index in [2.05, 4.69) is 20.4 Å². The molecule has 1 saturated carbocycles. The average Bonchev–Trinajstić information content (AvgIpc) is 3.22. The van der Waals surface area contributed by atoms with Crippen LogP contribution in [-0.4, -0.2) is 48.3 Å². The van der Waals surface area contributed by atoms with E-state index in [4.69, 9.17) is 0 Å². The van der Waals surface area contributed by atoms with E-state index in [1.165, 1.54) is 18.9 Å². The predicted octanol–water partition coefficient (Wildman–Crippen LogP) is 2.61. The fourth-order valence-corrected chi connectivity index (χ4v) is 3.83. The summed E-state index contributed by atoms with van der Waals surface area (Å²) in [5.41, 5.74) is 0.998. The van der Waals surface area contributed by atoms with Crippen molar-refractivity contribution in [3.8, 4) is 0 Å². The van der Waals surface area contributed by atoms with Gasteiger partial charge >= 0.3 is 0 Å². The van der Waals surface area contributed by atoms with E-state index in [1.807, 2.05) is 23.1 Å². The second-order valence-electron chi connectivity index (χ2n) is 7.16. The first-order valence-corrected chi connectivity index (χ1v) is 9.60. The van der Waals surface area contributed by atoms with Crippen LogP contribution in [0.1, 0.15) is 36.2 Å². The largest absolute Gasteiger partial charge is 0.366 e. The Morgan fingerprint density at radius 2 is 1.67 bits per heavy atom. The van der Waals surface area contributed by atoms with E-state index in [0.29, 0.717) is 24.5 Å². The third-order valence-corrected chi connectivity index (χ3v) is 5.37. The Balaban J connectivity index is 1.34. The molecular formula is C20H24FN5O. The lowest BCUT2D eigenvalue weighted by atomic mass is 10.2. The van der Waals surface area contributed by atoms with Crippen LogP contribution in [0.15, 0.2) is 36.4 Å². The summed E-state index contributed by atoms with van der Waals surface area (Å²) in [7, 11) is 0. The first kappa shape index (κ1) is 17.7. The lowest BCUT2D eigenvalue weighted by molar-refractivity contribution is 0.0932. The summed E-state index contributed by atoms with van der Waals surface area (Å²) < 4.78 is 13.9. The lowest BCUT2D eigenvalue weighted by Gasteiger charge is -2.36. The van der Waals surface area contributed by atoms with Crippen molar-refractivity contribution in [3.05, 3.63) is 47.9 Å². The zero-order chi connectivity index (χ0) is 18.6. The van der Waals surface area contributed by atoms with Crippen molar-refractivity contribution in [2.24, 2.45) is 0 Å². The van der Waals surface area contributed by atoms with Gasteiger partial charge in [-0.05, 0) is 37.1 Å². The SMILES string of the molecule is O=C(NC1CCCC1)c1ccc(N2CCN(c3ccccc3F)CC2)nn1. The normalized spacial score (nSPS) is 18.0. The van der Waals surface area contributed by atoms with Gasteiger partial charge in [-0.3, -0.25) is 4.79 Å². The number of aromatic nitrogens is 2. The van der Waals surface area contributed by atoms with Crippen LogP contribution in [-0.2, 0) is 0 Å². The topological polar surface area (TPSA) is 61.4 Å². The van der Waals surface area contributed by atoms with E-state index in [-0.39, 0.29) is 17.8 Å². The summed E-state index contributed by atoms with van der Waals surface area (Å²) >= 11 is 0. The second kappa shape index (κ2) is 7.90. The molecule has 1 aromatic heterocycles. The summed E-state index contributed by atoms with van der Waals surface area (Å²) in [6.45, 7) is 2.90. The molecule has 1 aromatic carbocycles. The monoisotopic (exact) mass is 369 g/mol. The molecule has 0 unspecified atom stereocenters. The third kappa shape index (κ3) is 4.02. The third-order valence-electron chi connectivity index (χ3n) is 5.37. The van der Waals surface area contributed by atoms with Crippen LogP contribution in [0.4, 0.5) is 15.9 Å². The number of rotatable bonds is 4. The molecule has 4 rings (SSSR count). The van der Waals surface area contributed by atoms with Gasteiger partial charge in [0.1, 0.15) is 5.82 Å². The van der Waals surface area contributed by atoms with Crippen molar-refractivity contribution in [2.45, 2.75) is 31.7 Å². The highest BCUT2D eigenvalue weighted by molar-refractivity contribution is 5.92. The number of benzene rings is 1. The van der Waals surface area contributed by atoms with Crippen molar-refractivity contribution in [1.82, 2.24) is 15.5 Å². The number of hydrogen-bond donors (Lipinski definition) is 1. The minimum Gasteiger partial charge on any atom is -0.366 e. The lowest BCUT2D eigenvalue weighted by Crippen LogP contribution is -2.47. The number of piperazine rings is 1. The molecule has 142 valence electrons. The molecule has 27 heavy (non-hydrogen) atoms. The fraction of sp³-hybridized carbons (Fsp3) is 0.450. The Kier molecular flexibility index (Phi) is 5.18. The maximum atomic E-state index is 13.9. The number of anilines is 2. The molecule has 2 fully saturated rings. The van der Waals surface area contributed by atoms with Gasteiger partial charge in [-0.2, -0.15) is 0 Å². The van der Waals surface area contributed by atoms with Gasteiger partial charge in [0.15, 0.2) is 11.5 Å². The van der Waals surface area contributed by atoms with Crippen LogP contribution in [0.25, 0.3) is 0 Å². The standard InChI is InChI=1S/C20H24FN5O/c21-16-7-3-4-8-18(16)25-11-13-26(14-12-25)19-10-9-17(23-24-19)20(27)22-15-5-1-2-6-15/h3-4,7-10,15H,1-2,5-6,11-14H2,(H,22,27). The molecule has 2 heterocycles. The first-order chi connectivity index (χ1) is 13.2. The zero-order valence-electron chi connectivity index (χ0n) is 15.3. The molecule has 7 heteroatoms. The molecule has 1 aliphatic heterocycles. The van der Waals surface area contributed by atoms with Gasteiger partial charge < -0.3 is 15.1 Å². The van der Waals surface area contributed by atoms with Gasteiger partial charge in [0.2, 0.25) is 0 Å². The maximum Gasteiger partial charge on any atom is 0.272 e. The molecule has 6 nitrogen and oxygen atoms in total. The molecule has 2 aromatic rings. The molecule has 1 amide bonds. The van der Waals surface area contributed by atoms with E-state index < -0.39 is 0 Å². The number of para-hydroxylation sites is 1. The average molecular weight is 369 g/mol. The molecule has 1 saturated heterocycles. The molecule has 0 atom stereocenters. The summed E-state index contributed by atoms with van der Waals surface area (Å²) in [5, 5.41) is 11.4. The quantitative estimate of drug-likeness (QED) is 0.898. The first-order valence-electron chi connectivity index (χ1n) is 9.60. The Labute approximate surface area is 158 Å². The number of carbonyl (C=O) groups excluding carboxylic acids is 1. The van der Waals surface area contributed by atoms with Gasteiger partial charge in [0.05, 0.1) is 5.69 Å². The van der Waals surface area contributed by atoms with Crippen LogP contribution >= 0.6 is 0 Å². The van der Waals surface area contributed by atoms with Gasteiger partial charge in [0.25, 0.3) is 5.91 Å². The van der Waals surface area contributed by atoms with Gasteiger partial charge in [0, 0.05) is 32.2 Å². The molecule has 0 bridgehead atoms. The molecule has 1 N–H and O–H groups in total. The minimum absolute atomic E-state index is 0.148. The summed E-state index contributed by atoms with van der Waals surface area (Å²) in [5.74, 6) is 0.411. The van der Waals surface area contributed by atoms with Crippen molar-refractivity contribution >= 4 is 17.4 Å². The van der Waals surface area contributed by atoms with Crippen molar-refractivity contribution < 1.29 is 9.18 Å². The van der Waals surface area contributed by atoms with Crippen LogP contribution in [0.3, 0.4) is 0 Å². The molecule has 1 aliphatic carbocycles. The highest BCUT2D eigenvalue weighted by Gasteiger charge is 2.22. The Morgan fingerprint density at radius 1 is 0.963 bits per heavy atom. The van der Waals surface area contributed by atoms with Gasteiger partial charge in [-0.1, -0.05) is 25.0 Å². The van der Waals surface area contributed by atoms with Crippen LogP contribution in [0.5, 0.6) is 0 Å². The number of halogens is 1.